The van der Waals surface area contributed by atoms with Gasteiger partial charge in [-0.25, -0.2) is 0 Å². The van der Waals surface area contributed by atoms with Crippen LogP contribution in [0.3, 0.4) is 0 Å². The number of benzene rings is 2. The van der Waals surface area contributed by atoms with Crippen molar-refractivity contribution in [2.24, 2.45) is 0 Å². The van der Waals surface area contributed by atoms with Gasteiger partial charge in [-0.2, -0.15) is 0 Å². The van der Waals surface area contributed by atoms with Gasteiger partial charge in [-0.05, 0) is 64.9 Å². The van der Waals surface area contributed by atoms with Gasteiger partial charge in [0.15, 0.2) is 0 Å². The van der Waals surface area contributed by atoms with Gasteiger partial charge in [-0.1, -0.05) is 89.6 Å². The second-order valence-electron chi connectivity index (χ2n) is 9.29. The monoisotopic (exact) mass is 410 g/mol. The van der Waals surface area contributed by atoms with Crippen molar-refractivity contribution in [2.45, 2.75) is 71.0 Å². The molecule has 1 aliphatic rings. The zero-order valence-corrected chi connectivity index (χ0v) is 20.3. The van der Waals surface area contributed by atoms with E-state index in [2.05, 4.69) is 119 Å². The molecule has 3 rings (SSSR count). The summed E-state index contributed by atoms with van der Waals surface area (Å²) in [4.78, 5) is 0. The number of hydrogen-bond acceptors (Lipinski definition) is 0. The molecule has 154 valence electrons. The van der Waals surface area contributed by atoms with E-state index >= 15 is 0 Å². The van der Waals surface area contributed by atoms with Crippen LogP contribution in [0.1, 0.15) is 70.2 Å². The largest absolute Gasteiger partial charge is 0.146 e. The zero-order chi connectivity index (χ0) is 21.7. The third-order valence-electron chi connectivity index (χ3n) is 6.59. The van der Waals surface area contributed by atoms with Crippen LogP contribution < -0.4 is 0 Å². The molecule has 0 amide bonds. The summed E-state index contributed by atoms with van der Waals surface area (Å²) in [5.74, 6) is 10.3. The normalized spacial score (nSPS) is 13.3. The Kier molecular flexibility index (Phi) is 7.07. The molecule has 0 aromatic heterocycles. The van der Waals surface area contributed by atoms with Crippen LogP contribution in [0.5, 0.6) is 0 Å². The van der Waals surface area contributed by atoms with Gasteiger partial charge >= 0.3 is 0 Å². The first-order valence-corrected chi connectivity index (χ1v) is 13.5. The molecule has 0 atom stereocenters. The Morgan fingerprint density at radius 1 is 0.700 bits per heavy atom. The summed E-state index contributed by atoms with van der Waals surface area (Å²) in [5, 5.41) is 0. The molecule has 1 aliphatic carbocycles. The summed E-state index contributed by atoms with van der Waals surface area (Å²) in [5.41, 5.74) is 11.8. The van der Waals surface area contributed by atoms with E-state index < -0.39 is 8.07 Å². The van der Waals surface area contributed by atoms with E-state index in [1.165, 1.54) is 11.1 Å². The summed E-state index contributed by atoms with van der Waals surface area (Å²) in [7, 11) is -1.69. The molecule has 2 aromatic rings. The highest BCUT2D eigenvalue weighted by Gasteiger charge is 2.41. The van der Waals surface area contributed by atoms with Crippen molar-refractivity contribution in [1.82, 2.24) is 0 Å². The molecule has 0 nitrogen and oxygen atoms in total. The Labute approximate surface area is 184 Å². The van der Waals surface area contributed by atoms with Crippen molar-refractivity contribution in [2.75, 3.05) is 0 Å². The van der Waals surface area contributed by atoms with Gasteiger partial charge in [-0.15, -0.1) is 5.54 Å². The van der Waals surface area contributed by atoms with E-state index in [1.807, 2.05) is 0 Å². The maximum atomic E-state index is 3.81. The predicted octanol–water partition coefficient (Wildman–Crippen LogP) is 7.64. The van der Waals surface area contributed by atoms with Crippen LogP contribution in [0.15, 0.2) is 54.6 Å². The number of fused-ring (bicyclic) bond motifs is 1. The molecule has 0 aliphatic heterocycles. The van der Waals surface area contributed by atoms with Crippen LogP contribution in [-0.4, -0.2) is 8.07 Å². The van der Waals surface area contributed by atoms with Gasteiger partial charge in [0.1, 0.15) is 8.07 Å². The van der Waals surface area contributed by atoms with Crippen LogP contribution in [-0.2, 0) is 6.42 Å². The third kappa shape index (κ3) is 4.64. The van der Waals surface area contributed by atoms with Gasteiger partial charge in [0.05, 0.1) is 0 Å². The van der Waals surface area contributed by atoms with E-state index in [9.17, 15) is 0 Å². The fourth-order valence-corrected chi connectivity index (χ4v) is 10.2. The lowest BCUT2D eigenvalue weighted by Crippen LogP contribution is -2.43. The van der Waals surface area contributed by atoms with Crippen molar-refractivity contribution < 1.29 is 0 Å². The second kappa shape index (κ2) is 9.55. The molecule has 30 heavy (non-hydrogen) atoms. The summed E-state index contributed by atoms with van der Waals surface area (Å²) in [6.45, 7) is 14.2. The molecule has 0 unspecified atom stereocenters. The molecular formula is C29H34Si. The third-order valence-corrected chi connectivity index (χ3v) is 12.9. The maximum Gasteiger partial charge on any atom is 0.146 e. The van der Waals surface area contributed by atoms with Gasteiger partial charge in [0, 0.05) is 16.7 Å². The van der Waals surface area contributed by atoms with Gasteiger partial charge < -0.3 is 0 Å². The Hall–Kier alpha value is -2.48. The molecule has 0 bridgehead atoms. The van der Waals surface area contributed by atoms with E-state index in [0.717, 1.165) is 29.5 Å². The van der Waals surface area contributed by atoms with Gasteiger partial charge in [0.2, 0.25) is 0 Å². The van der Waals surface area contributed by atoms with Gasteiger partial charge in [-0.3, -0.25) is 0 Å². The lowest BCUT2D eigenvalue weighted by molar-refractivity contribution is 0.838. The molecule has 0 radical (unpaired) electrons. The van der Waals surface area contributed by atoms with Crippen LogP contribution in [0.4, 0.5) is 0 Å². The molecule has 0 N–H and O–H groups in total. The molecular weight excluding hydrogens is 376 g/mol. The van der Waals surface area contributed by atoms with E-state index in [-0.39, 0.29) is 0 Å². The summed E-state index contributed by atoms with van der Waals surface area (Å²) in [6, 6.07) is 17.1. The Morgan fingerprint density at radius 2 is 1.27 bits per heavy atom. The number of hydrogen-bond donors (Lipinski definition) is 0. The summed E-state index contributed by atoms with van der Waals surface area (Å²) < 4.78 is 0. The SMILES string of the molecule is CC(C)[Si](C#Cc1ccc(C#CC2=CCCc3ccccc32)cc1)(C(C)C)C(C)C. The van der Waals surface area contributed by atoms with Crippen LogP contribution in [0.25, 0.3) is 5.57 Å². The van der Waals surface area contributed by atoms with Crippen LogP contribution in [0.2, 0.25) is 16.6 Å². The van der Waals surface area contributed by atoms with Crippen molar-refractivity contribution in [1.29, 1.82) is 0 Å². The average Bonchev–Trinajstić information content (AvgIpc) is 2.72. The van der Waals surface area contributed by atoms with Crippen LogP contribution in [0, 0.1) is 23.3 Å². The first-order valence-electron chi connectivity index (χ1n) is 11.3. The van der Waals surface area contributed by atoms with E-state index in [0.29, 0.717) is 16.6 Å². The average molecular weight is 411 g/mol. The first kappa shape index (κ1) is 22.2. The van der Waals surface area contributed by atoms with Crippen molar-refractivity contribution >= 4 is 13.6 Å². The van der Waals surface area contributed by atoms with Crippen molar-refractivity contribution in [3.05, 3.63) is 76.9 Å². The highest BCUT2D eigenvalue weighted by molar-refractivity contribution is 6.90. The van der Waals surface area contributed by atoms with Crippen LogP contribution >= 0.6 is 0 Å². The lowest BCUT2D eigenvalue weighted by Gasteiger charge is -2.38. The zero-order valence-electron chi connectivity index (χ0n) is 19.3. The minimum atomic E-state index is -1.69. The molecule has 0 spiro atoms. The number of rotatable bonds is 3. The minimum Gasteiger partial charge on any atom is -0.125 e. The highest BCUT2D eigenvalue weighted by Crippen LogP contribution is 2.40. The molecule has 1 heteroatoms. The summed E-state index contributed by atoms with van der Waals surface area (Å²) >= 11 is 0. The fourth-order valence-electron chi connectivity index (χ4n) is 4.99. The van der Waals surface area contributed by atoms with Gasteiger partial charge in [0.25, 0.3) is 0 Å². The molecule has 2 aromatic carbocycles. The smallest absolute Gasteiger partial charge is 0.125 e. The quantitative estimate of drug-likeness (QED) is 0.360. The summed E-state index contributed by atoms with van der Waals surface area (Å²) in [6.07, 6.45) is 4.45. The number of aryl methyl sites for hydroxylation is 1. The number of allylic oxidation sites excluding steroid dienone is 2. The second-order valence-corrected chi connectivity index (χ2v) is 14.9. The van der Waals surface area contributed by atoms with Crippen molar-refractivity contribution in [3.8, 4) is 23.3 Å². The Morgan fingerprint density at radius 3 is 1.87 bits per heavy atom. The fraction of sp³-hybridized carbons (Fsp3) is 0.379. The Balaban J connectivity index is 1.82. The molecule has 0 heterocycles. The van der Waals surface area contributed by atoms with E-state index in [1.54, 1.807) is 0 Å². The molecule has 0 saturated heterocycles. The minimum absolute atomic E-state index is 0.654. The standard InChI is InChI=1S/C29H34Si/c1-22(2)30(23(3)4,24(5)6)21-20-26-16-14-25(15-17-26)18-19-28-12-9-11-27-10-7-8-13-29(27)28/h7-8,10,12-17,22-24H,9,11H2,1-6H3. The lowest BCUT2D eigenvalue weighted by atomic mass is 9.91. The first-order chi connectivity index (χ1) is 14.3. The maximum absolute atomic E-state index is 3.81. The molecule has 0 fully saturated rings. The predicted molar refractivity (Wildman–Crippen MR) is 134 cm³/mol. The highest BCUT2D eigenvalue weighted by atomic mass is 28.3. The van der Waals surface area contributed by atoms with E-state index in [4.69, 9.17) is 0 Å². The topological polar surface area (TPSA) is 0 Å². The van der Waals surface area contributed by atoms with Crippen molar-refractivity contribution in [3.63, 3.8) is 0 Å². The Bertz CT molecular complexity index is 1010. The molecule has 0 saturated carbocycles.